The summed E-state index contributed by atoms with van der Waals surface area (Å²) in [6.07, 6.45) is 0. The predicted octanol–water partition coefficient (Wildman–Crippen LogP) is 4.26. The minimum absolute atomic E-state index is 0.0485. The molecule has 0 radical (unpaired) electrons. The van der Waals surface area contributed by atoms with Crippen LogP contribution in [-0.2, 0) is 0 Å². The second-order valence-corrected chi connectivity index (χ2v) is 5.50. The highest BCUT2D eigenvalue weighted by Crippen LogP contribution is 2.30. The summed E-state index contributed by atoms with van der Waals surface area (Å²) in [4.78, 5) is 13.8. The van der Waals surface area contributed by atoms with E-state index in [1.165, 1.54) is 0 Å². The third-order valence-corrected chi connectivity index (χ3v) is 3.90. The van der Waals surface area contributed by atoms with Gasteiger partial charge in [0.2, 0.25) is 0 Å². The molecule has 2 nitrogen and oxygen atoms in total. The van der Waals surface area contributed by atoms with Crippen LogP contribution >= 0.6 is 11.3 Å². The second kappa shape index (κ2) is 5.36. The average molecular weight is 260 g/mol. The summed E-state index contributed by atoms with van der Waals surface area (Å²) in [5.41, 5.74) is 1.11. The Hall–Kier alpha value is -1.61. The molecule has 1 aromatic carbocycles. The van der Waals surface area contributed by atoms with E-state index in [4.69, 9.17) is 4.74 Å². The molecule has 18 heavy (non-hydrogen) atoms. The molecule has 0 amide bonds. The highest BCUT2D eigenvalue weighted by atomic mass is 32.1. The van der Waals surface area contributed by atoms with E-state index in [0.717, 1.165) is 21.1 Å². The summed E-state index contributed by atoms with van der Waals surface area (Å²) in [6.45, 7) is 3.85. The molecule has 1 heterocycles. The van der Waals surface area contributed by atoms with Crippen molar-refractivity contribution in [2.45, 2.75) is 13.8 Å². The standard InChI is InChI=1S/C15H16O2S/c1-10(2)15(16)14-9-8-13(18-14)11-4-6-12(17-3)7-5-11/h4-10H,1-3H3. The van der Waals surface area contributed by atoms with Crippen molar-refractivity contribution in [1.82, 2.24) is 0 Å². The van der Waals surface area contributed by atoms with E-state index in [-0.39, 0.29) is 11.7 Å². The lowest BCUT2D eigenvalue weighted by atomic mass is 10.1. The Kier molecular flexibility index (Phi) is 3.82. The number of carbonyl (C=O) groups excluding carboxylic acids is 1. The second-order valence-electron chi connectivity index (χ2n) is 4.41. The van der Waals surface area contributed by atoms with Gasteiger partial charge in [-0.15, -0.1) is 11.3 Å². The fraction of sp³-hybridized carbons (Fsp3) is 0.267. The summed E-state index contributed by atoms with van der Waals surface area (Å²) in [6, 6.07) is 11.8. The minimum atomic E-state index is 0.0485. The van der Waals surface area contributed by atoms with Crippen LogP contribution in [0.25, 0.3) is 10.4 Å². The normalized spacial score (nSPS) is 10.7. The lowest BCUT2D eigenvalue weighted by Crippen LogP contribution is -2.04. The first-order chi connectivity index (χ1) is 8.61. The van der Waals surface area contributed by atoms with Crippen LogP contribution in [-0.4, -0.2) is 12.9 Å². The van der Waals surface area contributed by atoms with Crippen molar-refractivity contribution in [1.29, 1.82) is 0 Å². The average Bonchev–Trinajstić information content (AvgIpc) is 2.87. The van der Waals surface area contributed by atoms with Gasteiger partial charge in [-0.3, -0.25) is 4.79 Å². The zero-order chi connectivity index (χ0) is 13.1. The van der Waals surface area contributed by atoms with Gasteiger partial charge in [-0.25, -0.2) is 0 Å². The number of thiophene rings is 1. The number of ether oxygens (including phenoxy) is 1. The van der Waals surface area contributed by atoms with Gasteiger partial charge in [-0.1, -0.05) is 13.8 Å². The molecule has 0 aliphatic heterocycles. The first kappa shape index (κ1) is 12.8. The van der Waals surface area contributed by atoms with Crippen molar-refractivity contribution in [2.24, 2.45) is 5.92 Å². The number of hydrogen-bond donors (Lipinski definition) is 0. The van der Waals surface area contributed by atoms with Crippen molar-refractivity contribution >= 4 is 17.1 Å². The number of rotatable bonds is 4. The van der Waals surface area contributed by atoms with Crippen molar-refractivity contribution < 1.29 is 9.53 Å². The van der Waals surface area contributed by atoms with Crippen LogP contribution < -0.4 is 4.74 Å². The minimum Gasteiger partial charge on any atom is -0.497 e. The Bertz CT molecular complexity index is 538. The van der Waals surface area contributed by atoms with Gasteiger partial charge < -0.3 is 4.74 Å². The highest BCUT2D eigenvalue weighted by Gasteiger charge is 2.13. The van der Waals surface area contributed by atoms with Crippen LogP contribution in [0.15, 0.2) is 36.4 Å². The van der Waals surface area contributed by atoms with Gasteiger partial charge in [0.25, 0.3) is 0 Å². The third-order valence-electron chi connectivity index (χ3n) is 2.75. The van der Waals surface area contributed by atoms with Gasteiger partial charge in [-0.05, 0) is 42.0 Å². The number of methoxy groups -OCH3 is 1. The van der Waals surface area contributed by atoms with E-state index in [2.05, 4.69) is 0 Å². The molecule has 0 spiro atoms. The maximum Gasteiger partial charge on any atom is 0.175 e. The zero-order valence-corrected chi connectivity index (χ0v) is 11.6. The monoisotopic (exact) mass is 260 g/mol. The first-order valence-electron chi connectivity index (χ1n) is 5.90. The predicted molar refractivity (Wildman–Crippen MR) is 75.5 cm³/mol. The molecular weight excluding hydrogens is 244 g/mol. The number of benzene rings is 1. The van der Waals surface area contributed by atoms with Crippen molar-refractivity contribution in [3.63, 3.8) is 0 Å². The molecule has 0 bridgehead atoms. The number of carbonyl (C=O) groups is 1. The van der Waals surface area contributed by atoms with E-state index >= 15 is 0 Å². The van der Waals surface area contributed by atoms with Crippen LogP contribution in [0.1, 0.15) is 23.5 Å². The van der Waals surface area contributed by atoms with Gasteiger partial charge >= 0.3 is 0 Å². The van der Waals surface area contributed by atoms with E-state index in [1.54, 1.807) is 18.4 Å². The van der Waals surface area contributed by atoms with Crippen molar-refractivity contribution in [3.8, 4) is 16.2 Å². The highest BCUT2D eigenvalue weighted by molar-refractivity contribution is 7.17. The molecule has 0 atom stereocenters. The molecule has 0 N–H and O–H groups in total. The molecule has 1 aromatic heterocycles. The van der Waals surface area contributed by atoms with Crippen LogP contribution in [0.3, 0.4) is 0 Å². The molecule has 0 fully saturated rings. The Morgan fingerprint density at radius 1 is 1.11 bits per heavy atom. The third kappa shape index (κ3) is 2.62. The molecule has 94 valence electrons. The number of ketones is 1. The van der Waals surface area contributed by atoms with Crippen LogP contribution in [0.5, 0.6) is 5.75 Å². The van der Waals surface area contributed by atoms with E-state index < -0.39 is 0 Å². The van der Waals surface area contributed by atoms with Crippen LogP contribution in [0.4, 0.5) is 0 Å². The SMILES string of the molecule is COc1ccc(-c2ccc(C(=O)C(C)C)s2)cc1. The fourth-order valence-corrected chi connectivity index (χ4v) is 2.76. The van der Waals surface area contributed by atoms with Crippen molar-refractivity contribution in [2.75, 3.05) is 7.11 Å². The maximum absolute atomic E-state index is 11.9. The Labute approximate surface area is 111 Å². The smallest absolute Gasteiger partial charge is 0.175 e. The fourth-order valence-electron chi connectivity index (χ4n) is 1.67. The lowest BCUT2D eigenvalue weighted by Gasteiger charge is -2.01. The summed E-state index contributed by atoms with van der Waals surface area (Å²) < 4.78 is 5.13. The van der Waals surface area contributed by atoms with Gasteiger partial charge in [0.1, 0.15) is 5.75 Å². The van der Waals surface area contributed by atoms with Gasteiger partial charge in [0.15, 0.2) is 5.78 Å². The van der Waals surface area contributed by atoms with Gasteiger partial charge in [0.05, 0.1) is 12.0 Å². The summed E-state index contributed by atoms with van der Waals surface area (Å²) >= 11 is 1.55. The molecule has 0 aliphatic rings. The molecule has 2 aromatic rings. The van der Waals surface area contributed by atoms with Gasteiger partial charge in [-0.2, -0.15) is 0 Å². The Morgan fingerprint density at radius 3 is 2.33 bits per heavy atom. The lowest BCUT2D eigenvalue weighted by molar-refractivity contribution is 0.0943. The molecular formula is C15H16O2S. The number of Topliss-reactive ketones (excluding diaryl/α,β-unsaturated/α-hetero) is 1. The van der Waals surface area contributed by atoms with E-state index in [9.17, 15) is 4.79 Å². The summed E-state index contributed by atoms with van der Waals surface area (Å²) in [5, 5.41) is 0. The molecule has 0 aliphatic carbocycles. The molecule has 2 rings (SSSR count). The largest absolute Gasteiger partial charge is 0.497 e. The molecule has 3 heteroatoms. The van der Waals surface area contributed by atoms with Crippen LogP contribution in [0, 0.1) is 5.92 Å². The Morgan fingerprint density at radius 2 is 1.78 bits per heavy atom. The summed E-state index contributed by atoms with van der Waals surface area (Å²) in [5.74, 6) is 1.10. The number of hydrogen-bond acceptors (Lipinski definition) is 3. The maximum atomic E-state index is 11.9. The molecule has 0 saturated carbocycles. The summed E-state index contributed by atoms with van der Waals surface area (Å²) in [7, 11) is 1.65. The topological polar surface area (TPSA) is 26.3 Å². The molecule has 0 saturated heterocycles. The zero-order valence-electron chi connectivity index (χ0n) is 10.8. The first-order valence-corrected chi connectivity index (χ1v) is 6.72. The van der Waals surface area contributed by atoms with Crippen molar-refractivity contribution in [3.05, 3.63) is 41.3 Å². The van der Waals surface area contributed by atoms with E-state index in [1.807, 2.05) is 50.2 Å². The van der Waals surface area contributed by atoms with E-state index in [0.29, 0.717) is 0 Å². The molecule has 0 unspecified atom stereocenters. The van der Waals surface area contributed by atoms with Gasteiger partial charge in [0, 0.05) is 10.8 Å². The quantitative estimate of drug-likeness (QED) is 0.768. The van der Waals surface area contributed by atoms with Crippen LogP contribution in [0.2, 0.25) is 0 Å². The Balaban J connectivity index is 2.26.